The predicted octanol–water partition coefficient (Wildman–Crippen LogP) is 2.81. The van der Waals surface area contributed by atoms with Crippen molar-refractivity contribution in [2.75, 3.05) is 6.61 Å². The molecular formula is C13H15F3N2O5. The van der Waals surface area contributed by atoms with Gasteiger partial charge in [-0.3, -0.25) is 14.9 Å². The van der Waals surface area contributed by atoms with Crippen LogP contribution in [0.3, 0.4) is 0 Å². The van der Waals surface area contributed by atoms with Crippen molar-refractivity contribution in [1.82, 2.24) is 5.32 Å². The Bertz CT molecular complexity index is 572. The van der Waals surface area contributed by atoms with E-state index in [4.69, 9.17) is 9.15 Å². The Balaban J connectivity index is 1.86. The fraction of sp³-hybridized carbons (Fsp3) is 0.615. The smallest absolute Gasteiger partial charge is 0.395 e. The Labute approximate surface area is 128 Å². The fourth-order valence-corrected chi connectivity index (χ4v) is 2.44. The molecule has 2 rings (SSSR count). The number of ether oxygens (including phenoxy) is 1. The van der Waals surface area contributed by atoms with Crippen molar-refractivity contribution in [2.24, 2.45) is 0 Å². The standard InChI is InChI=1S/C13H15F3N2O5/c14-13(15,16)7-22-9-3-1-2-8(6-9)17-12(19)10-4-5-11(23-10)18(20)21/h4-5,8-9H,1-3,6-7H2,(H,17,19)/t8-,9+/m1/s1. The number of carbonyl (C=O) groups is 1. The highest BCUT2D eigenvalue weighted by Gasteiger charge is 2.32. The van der Waals surface area contributed by atoms with Gasteiger partial charge in [0.25, 0.3) is 5.91 Å². The van der Waals surface area contributed by atoms with Crippen LogP contribution in [0, 0.1) is 10.1 Å². The Morgan fingerprint density at radius 2 is 2.17 bits per heavy atom. The van der Waals surface area contributed by atoms with E-state index >= 15 is 0 Å². The van der Waals surface area contributed by atoms with E-state index in [1.807, 2.05) is 0 Å². The molecule has 1 amide bonds. The van der Waals surface area contributed by atoms with Crippen molar-refractivity contribution in [3.8, 4) is 0 Å². The van der Waals surface area contributed by atoms with Crippen LogP contribution in [0.15, 0.2) is 16.5 Å². The van der Waals surface area contributed by atoms with Gasteiger partial charge < -0.3 is 14.5 Å². The molecule has 1 aliphatic rings. The maximum atomic E-state index is 12.1. The maximum Gasteiger partial charge on any atom is 0.433 e. The second-order valence-corrected chi connectivity index (χ2v) is 5.28. The van der Waals surface area contributed by atoms with Gasteiger partial charge in [0.05, 0.1) is 12.2 Å². The first kappa shape index (κ1) is 17.3. The fourth-order valence-electron chi connectivity index (χ4n) is 2.44. The summed E-state index contributed by atoms with van der Waals surface area (Å²) in [6, 6.07) is 1.87. The first-order valence-electron chi connectivity index (χ1n) is 6.98. The number of rotatable bonds is 5. The van der Waals surface area contributed by atoms with E-state index in [0.717, 1.165) is 6.07 Å². The molecule has 1 aromatic rings. The summed E-state index contributed by atoms with van der Waals surface area (Å²) in [6.45, 7) is -1.32. The van der Waals surface area contributed by atoms with E-state index in [2.05, 4.69) is 5.32 Å². The highest BCUT2D eigenvalue weighted by atomic mass is 19.4. The summed E-state index contributed by atoms with van der Waals surface area (Å²) in [5.74, 6) is -1.40. The van der Waals surface area contributed by atoms with Crippen LogP contribution >= 0.6 is 0 Å². The minimum Gasteiger partial charge on any atom is -0.395 e. The molecule has 128 valence electrons. The molecule has 0 bridgehead atoms. The lowest BCUT2D eigenvalue weighted by Gasteiger charge is -2.29. The Kier molecular flexibility index (Phi) is 5.24. The van der Waals surface area contributed by atoms with Gasteiger partial charge in [0.2, 0.25) is 0 Å². The minimum absolute atomic E-state index is 0.213. The van der Waals surface area contributed by atoms with Gasteiger partial charge in [-0.2, -0.15) is 13.2 Å². The molecule has 0 radical (unpaired) electrons. The Hall–Kier alpha value is -2.10. The second kappa shape index (κ2) is 6.99. The zero-order chi connectivity index (χ0) is 17.0. The lowest BCUT2D eigenvalue weighted by Crippen LogP contribution is -2.41. The molecule has 23 heavy (non-hydrogen) atoms. The molecule has 0 unspecified atom stereocenters. The molecule has 1 aliphatic carbocycles. The van der Waals surface area contributed by atoms with E-state index in [-0.39, 0.29) is 18.2 Å². The molecule has 0 aliphatic heterocycles. The van der Waals surface area contributed by atoms with Crippen molar-refractivity contribution in [3.05, 3.63) is 28.0 Å². The monoisotopic (exact) mass is 336 g/mol. The summed E-state index contributed by atoms with van der Waals surface area (Å²) in [4.78, 5) is 21.7. The van der Waals surface area contributed by atoms with Crippen molar-refractivity contribution in [2.45, 2.75) is 44.0 Å². The zero-order valence-electron chi connectivity index (χ0n) is 12.0. The van der Waals surface area contributed by atoms with Gasteiger partial charge in [0.15, 0.2) is 5.76 Å². The number of nitrogens with zero attached hydrogens (tertiary/aromatic N) is 1. The van der Waals surface area contributed by atoms with Gasteiger partial charge in [0, 0.05) is 6.04 Å². The Morgan fingerprint density at radius 1 is 1.43 bits per heavy atom. The number of carbonyl (C=O) groups excluding carboxylic acids is 1. The van der Waals surface area contributed by atoms with Crippen molar-refractivity contribution in [3.63, 3.8) is 0 Å². The molecule has 1 N–H and O–H groups in total. The van der Waals surface area contributed by atoms with E-state index in [1.54, 1.807) is 0 Å². The third-order valence-corrected chi connectivity index (χ3v) is 3.44. The summed E-state index contributed by atoms with van der Waals surface area (Å²) in [7, 11) is 0. The Morgan fingerprint density at radius 3 is 2.78 bits per heavy atom. The van der Waals surface area contributed by atoms with E-state index in [0.29, 0.717) is 19.3 Å². The lowest BCUT2D eigenvalue weighted by molar-refractivity contribution is -0.402. The van der Waals surface area contributed by atoms with Crippen LogP contribution in [-0.4, -0.2) is 35.8 Å². The van der Waals surface area contributed by atoms with Crippen molar-refractivity contribution in [1.29, 1.82) is 0 Å². The first-order chi connectivity index (χ1) is 10.7. The molecule has 1 aromatic heterocycles. The highest BCUT2D eigenvalue weighted by molar-refractivity contribution is 5.91. The average molecular weight is 336 g/mol. The van der Waals surface area contributed by atoms with Crippen LogP contribution in [0.2, 0.25) is 0 Å². The summed E-state index contributed by atoms with van der Waals surface area (Å²) in [5.41, 5.74) is 0. The molecular weight excluding hydrogens is 321 g/mol. The van der Waals surface area contributed by atoms with E-state index in [1.165, 1.54) is 6.07 Å². The number of halogens is 3. The number of nitro groups is 1. The molecule has 0 aromatic carbocycles. The summed E-state index contributed by atoms with van der Waals surface area (Å²) in [6.07, 6.45) is -3.00. The van der Waals surface area contributed by atoms with Crippen molar-refractivity contribution >= 4 is 11.8 Å². The van der Waals surface area contributed by atoms with E-state index in [9.17, 15) is 28.1 Å². The normalized spacial score (nSPS) is 21.9. The number of alkyl halides is 3. The first-order valence-corrected chi connectivity index (χ1v) is 6.98. The third kappa shape index (κ3) is 5.23. The van der Waals surface area contributed by atoms with Crippen LogP contribution in [-0.2, 0) is 4.74 Å². The second-order valence-electron chi connectivity index (χ2n) is 5.28. The van der Waals surface area contributed by atoms with Crippen LogP contribution in [0.25, 0.3) is 0 Å². The number of furan rings is 1. The molecule has 7 nitrogen and oxygen atoms in total. The predicted molar refractivity (Wildman–Crippen MR) is 70.9 cm³/mol. The summed E-state index contributed by atoms with van der Waals surface area (Å²) in [5, 5.41) is 13.1. The highest BCUT2D eigenvalue weighted by Crippen LogP contribution is 2.25. The van der Waals surface area contributed by atoms with Crippen LogP contribution < -0.4 is 5.32 Å². The molecule has 0 saturated heterocycles. The zero-order valence-corrected chi connectivity index (χ0v) is 12.0. The SMILES string of the molecule is O=C(N[C@@H]1CCC[C@H](OCC(F)(F)F)C1)c1ccc([N+](=O)[O-])o1. The summed E-state index contributed by atoms with van der Waals surface area (Å²) >= 11 is 0. The number of hydrogen-bond donors (Lipinski definition) is 1. The largest absolute Gasteiger partial charge is 0.433 e. The van der Waals surface area contributed by atoms with Gasteiger partial charge in [0.1, 0.15) is 11.5 Å². The van der Waals surface area contributed by atoms with E-state index < -0.39 is 35.6 Å². The minimum atomic E-state index is -4.39. The quantitative estimate of drug-likeness (QED) is 0.659. The molecule has 1 heterocycles. The lowest BCUT2D eigenvalue weighted by atomic mass is 9.92. The molecule has 2 atom stereocenters. The van der Waals surface area contributed by atoms with Gasteiger partial charge in [-0.1, -0.05) is 0 Å². The number of nitrogens with one attached hydrogen (secondary N) is 1. The third-order valence-electron chi connectivity index (χ3n) is 3.44. The molecule has 1 fully saturated rings. The number of amides is 1. The van der Waals surface area contributed by atoms with Gasteiger partial charge in [-0.05, 0) is 31.7 Å². The van der Waals surface area contributed by atoms with Gasteiger partial charge in [-0.15, -0.1) is 0 Å². The van der Waals surface area contributed by atoms with Crippen LogP contribution in [0.1, 0.15) is 36.2 Å². The van der Waals surface area contributed by atoms with Gasteiger partial charge in [-0.25, -0.2) is 0 Å². The summed E-state index contributed by atoms with van der Waals surface area (Å²) < 4.78 is 46.0. The molecule has 0 spiro atoms. The maximum absolute atomic E-state index is 12.1. The molecule has 10 heteroatoms. The molecule has 1 saturated carbocycles. The van der Waals surface area contributed by atoms with Crippen LogP contribution in [0.4, 0.5) is 19.1 Å². The van der Waals surface area contributed by atoms with Crippen LogP contribution in [0.5, 0.6) is 0 Å². The van der Waals surface area contributed by atoms with Crippen molar-refractivity contribution < 1.29 is 32.0 Å². The number of hydrogen-bond acceptors (Lipinski definition) is 5. The van der Waals surface area contributed by atoms with Gasteiger partial charge >= 0.3 is 12.1 Å². The topological polar surface area (TPSA) is 94.6 Å². The average Bonchev–Trinajstić information content (AvgIpc) is 2.95.